The van der Waals surface area contributed by atoms with E-state index < -0.39 is 0 Å². The van der Waals surface area contributed by atoms with Gasteiger partial charge >= 0.3 is 6.09 Å². The molecular formula is C21H28N6O3. The van der Waals surface area contributed by atoms with E-state index in [1.807, 2.05) is 31.2 Å². The number of amides is 1. The molecule has 1 aliphatic heterocycles. The maximum absolute atomic E-state index is 11.4. The van der Waals surface area contributed by atoms with Crippen molar-refractivity contribution in [2.24, 2.45) is 0 Å². The van der Waals surface area contributed by atoms with Crippen LogP contribution in [0.15, 0.2) is 28.8 Å². The van der Waals surface area contributed by atoms with Crippen molar-refractivity contribution in [3.63, 3.8) is 0 Å². The first kappa shape index (κ1) is 20.3. The number of benzene rings is 1. The summed E-state index contributed by atoms with van der Waals surface area (Å²) < 4.78 is 12.1. The maximum Gasteiger partial charge on any atom is 0.409 e. The highest BCUT2D eigenvalue weighted by Gasteiger charge is 2.26. The van der Waals surface area contributed by atoms with Crippen molar-refractivity contribution >= 4 is 17.0 Å². The monoisotopic (exact) mass is 412 g/mol. The third kappa shape index (κ3) is 4.16. The first-order valence-corrected chi connectivity index (χ1v) is 10.4. The van der Waals surface area contributed by atoms with Crippen LogP contribution in [0.2, 0.25) is 0 Å². The average Bonchev–Trinajstić information content (AvgIpc) is 3.39. The maximum atomic E-state index is 11.4. The molecule has 1 saturated heterocycles. The highest BCUT2D eigenvalue weighted by molar-refractivity contribution is 5.82. The third-order valence-electron chi connectivity index (χ3n) is 5.78. The number of ether oxygens (including phenoxy) is 1. The lowest BCUT2D eigenvalue weighted by Crippen LogP contribution is -2.36. The van der Waals surface area contributed by atoms with Crippen LogP contribution in [0.25, 0.3) is 16.9 Å². The number of likely N-dealkylation sites (tertiary alicyclic amines) is 1. The second-order valence-corrected chi connectivity index (χ2v) is 7.81. The Balaban J connectivity index is 1.33. The summed E-state index contributed by atoms with van der Waals surface area (Å²) in [4.78, 5) is 20.1. The van der Waals surface area contributed by atoms with E-state index in [2.05, 4.69) is 20.1 Å². The Kier molecular flexibility index (Phi) is 5.98. The van der Waals surface area contributed by atoms with Gasteiger partial charge in [0.15, 0.2) is 0 Å². The molecular weight excluding hydrogens is 384 g/mol. The molecule has 9 heteroatoms. The van der Waals surface area contributed by atoms with Crippen LogP contribution in [0.1, 0.15) is 36.8 Å². The molecule has 1 fully saturated rings. The van der Waals surface area contributed by atoms with Crippen LogP contribution < -0.4 is 0 Å². The number of piperidine rings is 1. The summed E-state index contributed by atoms with van der Waals surface area (Å²) in [5, 5.41) is 9.87. The molecule has 160 valence electrons. The zero-order valence-corrected chi connectivity index (χ0v) is 17.7. The van der Waals surface area contributed by atoms with Gasteiger partial charge in [0.2, 0.25) is 5.89 Å². The van der Waals surface area contributed by atoms with Crippen LogP contribution in [0.5, 0.6) is 0 Å². The number of hydrogen-bond donors (Lipinski definition) is 0. The van der Waals surface area contributed by atoms with Gasteiger partial charge in [-0.2, -0.15) is 14.8 Å². The van der Waals surface area contributed by atoms with Gasteiger partial charge in [-0.3, -0.25) is 0 Å². The third-order valence-corrected chi connectivity index (χ3v) is 5.78. The molecule has 0 saturated carbocycles. The second kappa shape index (κ2) is 8.83. The molecule has 9 nitrogen and oxygen atoms in total. The smallest absolute Gasteiger partial charge is 0.409 e. The molecule has 0 atom stereocenters. The molecule has 0 N–H and O–H groups in total. The SMILES string of the molecule is COC(=O)N(C)CCCN1CCC(c2nc(-n3nc(C)c4ccccc43)no2)CC1. The fraction of sp³-hybridized carbons (Fsp3) is 0.524. The van der Waals surface area contributed by atoms with Gasteiger partial charge in [0.05, 0.1) is 18.3 Å². The number of methoxy groups -OCH3 is 1. The first-order valence-electron chi connectivity index (χ1n) is 10.4. The number of aryl methyl sites for hydroxylation is 1. The number of fused-ring (bicyclic) bond motifs is 1. The number of para-hydroxylation sites is 1. The minimum Gasteiger partial charge on any atom is -0.453 e. The van der Waals surface area contributed by atoms with Gasteiger partial charge in [0, 0.05) is 24.9 Å². The number of carbonyl (C=O) groups excluding carboxylic acids is 1. The van der Waals surface area contributed by atoms with Crippen molar-refractivity contribution in [2.75, 3.05) is 40.3 Å². The summed E-state index contributed by atoms with van der Waals surface area (Å²) in [6, 6.07) is 8.05. The van der Waals surface area contributed by atoms with Gasteiger partial charge < -0.3 is 19.1 Å². The first-order chi connectivity index (χ1) is 14.6. The Labute approximate surface area is 175 Å². The molecule has 0 radical (unpaired) electrons. The Morgan fingerprint density at radius 2 is 2.07 bits per heavy atom. The zero-order valence-electron chi connectivity index (χ0n) is 17.7. The molecule has 2 aromatic heterocycles. The zero-order chi connectivity index (χ0) is 21.1. The summed E-state index contributed by atoms with van der Waals surface area (Å²) in [5.41, 5.74) is 1.93. The van der Waals surface area contributed by atoms with Gasteiger partial charge in [-0.1, -0.05) is 18.2 Å². The molecule has 1 aromatic carbocycles. The fourth-order valence-corrected chi connectivity index (χ4v) is 4.04. The Morgan fingerprint density at radius 3 is 2.83 bits per heavy atom. The van der Waals surface area contributed by atoms with E-state index in [0.717, 1.165) is 55.5 Å². The minimum absolute atomic E-state index is 0.267. The standard InChI is InChI=1S/C21H28N6O3/c1-15-17-7-4-5-8-18(17)27(23-15)20-22-19(30-24-20)16-9-13-26(14-10-16)12-6-11-25(2)21(28)29-3/h4-5,7-8,16H,6,9-14H2,1-3H3. The Morgan fingerprint density at radius 1 is 1.30 bits per heavy atom. The number of hydrogen-bond acceptors (Lipinski definition) is 7. The van der Waals surface area contributed by atoms with Gasteiger partial charge in [-0.05, 0) is 57.0 Å². The van der Waals surface area contributed by atoms with Gasteiger partial charge in [0.1, 0.15) is 0 Å². The normalized spacial score (nSPS) is 15.6. The van der Waals surface area contributed by atoms with Crippen LogP contribution in [0, 0.1) is 6.92 Å². The van der Waals surface area contributed by atoms with E-state index >= 15 is 0 Å². The molecule has 3 aromatic rings. The van der Waals surface area contributed by atoms with Crippen molar-refractivity contribution < 1.29 is 14.1 Å². The van der Waals surface area contributed by atoms with E-state index in [1.165, 1.54) is 7.11 Å². The summed E-state index contributed by atoms with van der Waals surface area (Å²) in [6.07, 6.45) is 2.59. The van der Waals surface area contributed by atoms with Crippen molar-refractivity contribution in [2.45, 2.75) is 32.1 Å². The molecule has 0 unspecified atom stereocenters. The van der Waals surface area contributed by atoms with Crippen LogP contribution in [0.3, 0.4) is 0 Å². The topological polar surface area (TPSA) is 89.5 Å². The summed E-state index contributed by atoms with van der Waals surface area (Å²) in [7, 11) is 3.16. The lowest BCUT2D eigenvalue weighted by molar-refractivity contribution is 0.129. The quantitative estimate of drug-likeness (QED) is 0.615. The summed E-state index contributed by atoms with van der Waals surface area (Å²) in [6.45, 7) is 5.60. The van der Waals surface area contributed by atoms with Crippen molar-refractivity contribution in [3.05, 3.63) is 35.9 Å². The Bertz CT molecular complexity index is 1010. The van der Waals surface area contributed by atoms with E-state index in [9.17, 15) is 4.79 Å². The van der Waals surface area contributed by atoms with E-state index in [1.54, 1.807) is 16.6 Å². The molecule has 4 rings (SSSR count). The van der Waals surface area contributed by atoms with E-state index in [4.69, 9.17) is 9.26 Å². The van der Waals surface area contributed by atoms with Gasteiger partial charge in [-0.15, -0.1) is 0 Å². The predicted octanol–water partition coefficient (Wildman–Crippen LogP) is 2.98. The summed E-state index contributed by atoms with van der Waals surface area (Å²) >= 11 is 0. The van der Waals surface area contributed by atoms with Crippen molar-refractivity contribution in [1.82, 2.24) is 29.7 Å². The lowest BCUT2D eigenvalue weighted by Gasteiger charge is -2.30. The van der Waals surface area contributed by atoms with Crippen LogP contribution >= 0.6 is 0 Å². The van der Waals surface area contributed by atoms with Crippen molar-refractivity contribution in [1.29, 1.82) is 0 Å². The van der Waals surface area contributed by atoms with Crippen molar-refractivity contribution in [3.8, 4) is 5.95 Å². The lowest BCUT2D eigenvalue weighted by atomic mass is 9.97. The van der Waals surface area contributed by atoms with E-state index in [-0.39, 0.29) is 12.0 Å². The molecule has 1 aliphatic rings. The molecule has 0 aliphatic carbocycles. The largest absolute Gasteiger partial charge is 0.453 e. The molecule has 0 spiro atoms. The number of rotatable bonds is 6. The predicted molar refractivity (Wildman–Crippen MR) is 112 cm³/mol. The highest BCUT2D eigenvalue weighted by Crippen LogP contribution is 2.28. The van der Waals surface area contributed by atoms with E-state index in [0.29, 0.717) is 18.4 Å². The molecule has 30 heavy (non-hydrogen) atoms. The number of aromatic nitrogens is 4. The summed E-state index contributed by atoms with van der Waals surface area (Å²) in [5.74, 6) is 1.44. The minimum atomic E-state index is -0.291. The molecule has 0 bridgehead atoms. The van der Waals surface area contributed by atoms with Gasteiger partial charge in [-0.25, -0.2) is 4.79 Å². The van der Waals surface area contributed by atoms with Gasteiger partial charge in [0.25, 0.3) is 5.95 Å². The molecule has 1 amide bonds. The molecule has 3 heterocycles. The second-order valence-electron chi connectivity index (χ2n) is 7.81. The fourth-order valence-electron chi connectivity index (χ4n) is 4.04. The number of carbonyl (C=O) groups is 1. The average molecular weight is 412 g/mol. The highest BCUT2D eigenvalue weighted by atomic mass is 16.5. The number of nitrogens with zero attached hydrogens (tertiary/aromatic N) is 6. The van der Waals surface area contributed by atoms with Crippen LogP contribution in [-0.4, -0.2) is 76.2 Å². The van der Waals surface area contributed by atoms with Crippen LogP contribution in [-0.2, 0) is 4.74 Å². The Hall–Kier alpha value is -2.94. The van der Waals surface area contributed by atoms with Crippen LogP contribution in [0.4, 0.5) is 4.79 Å².